The van der Waals surface area contributed by atoms with Gasteiger partial charge in [-0.3, -0.25) is 14.5 Å². The molecule has 0 aliphatic carbocycles. The van der Waals surface area contributed by atoms with Crippen LogP contribution in [0, 0.1) is 0 Å². The lowest BCUT2D eigenvalue weighted by Gasteiger charge is -2.23. The minimum Gasteiger partial charge on any atom is -0.490 e. The summed E-state index contributed by atoms with van der Waals surface area (Å²) in [5.41, 5.74) is 1.11. The van der Waals surface area contributed by atoms with Gasteiger partial charge < -0.3 is 13.9 Å². The number of ether oxygens (including phenoxy) is 2. The van der Waals surface area contributed by atoms with Crippen molar-refractivity contribution < 1.29 is 18.7 Å². The number of rotatable bonds is 8. The molecule has 1 amide bonds. The van der Waals surface area contributed by atoms with Gasteiger partial charge in [-0.05, 0) is 49.6 Å². The van der Waals surface area contributed by atoms with E-state index in [4.69, 9.17) is 13.9 Å². The van der Waals surface area contributed by atoms with Gasteiger partial charge >= 0.3 is 0 Å². The molecular weight excluding hydrogens is 466 g/mol. The number of hydrogen-bond donors (Lipinski definition) is 0. The number of para-hydroxylation sites is 1. The van der Waals surface area contributed by atoms with Crippen molar-refractivity contribution in [1.82, 2.24) is 10.2 Å². The summed E-state index contributed by atoms with van der Waals surface area (Å²) in [4.78, 5) is 28.9. The Bertz CT molecular complexity index is 1460. The van der Waals surface area contributed by atoms with Gasteiger partial charge in [-0.1, -0.05) is 43.4 Å². The Morgan fingerprint density at radius 1 is 1.03 bits per heavy atom. The molecule has 0 saturated carbocycles. The molecule has 8 nitrogen and oxygen atoms in total. The maximum absolute atomic E-state index is 13.7. The standard InChI is InChI=1S/C26H25N3O5S/c1-4-13-33-18-12-11-15(14-19(18)32-6-3)22-21-23(30)16-9-7-8-10-17(16)34-24(21)25(31)29(22)26-28-27-20(5-2)35-26/h7-12,14,22H,4-6,13H2,1-3H3. The third kappa shape index (κ3) is 3.95. The van der Waals surface area contributed by atoms with Gasteiger partial charge in [-0.15, -0.1) is 10.2 Å². The average molecular weight is 492 g/mol. The fourth-order valence-corrected chi connectivity index (χ4v) is 5.02. The molecule has 0 saturated heterocycles. The van der Waals surface area contributed by atoms with Crippen LogP contribution in [0.5, 0.6) is 11.5 Å². The molecule has 1 aliphatic rings. The fraction of sp³-hybridized carbons (Fsp3) is 0.308. The SMILES string of the molecule is CCCOc1ccc(C2c3c(oc4ccccc4c3=O)C(=O)N2c2nnc(CC)s2)cc1OCC. The van der Waals surface area contributed by atoms with E-state index in [9.17, 15) is 9.59 Å². The molecule has 1 unspecified atom stereocenters. The molecule has 0 fully saturated rings. The summed E-state index contributed by atoms with van der Waals surface area (Å²) in [6.07, 6.45) is 1.55. The monoisotopic (exact) mass is 491 g/mol. The van der Waals surface area contributed by atoms with Crippen molar-refractivity contribution in [2.75, 3.05) is 18.1 Å². The van der Waals surface area contributed by atoms with Crippen molar-refractivity contribution >= 4 is 33.3 Å². The van der Waals surface area contributed by atoms with Crippen LogP contribution in [-0.4, -0.2) is 29.3 Å². The molecule has 3 heterocycles. The molecule has 1 atom stereocenters. The lowest BCUT2D eigenvalue weighted by Crippen LogP contribution is -2.29. The van der Waals surface area contributed by atoms with Crippen LogP contribution < -0.4 is 19.8 Å². The highest BCUT2D eigenvalue weighted by Crippen LogP contribution is 2.44. The lowest BCUT2D eigenvalue weighted by molar-refractivity contribution is 0.0970. The quantitative estimate of drug-likeness (QED) is 0.337. The van der Waals surface area contributed by atoms with Crippen LogP contribution in [-0.2, 0) is 6.42 Å². The third-order valence-electron chi connectivity index (χ3n) is 5.79. The van der Waals surface area contributed by atoms with E-state index in [1.165, 1.54) is 16.2 Å². The number of carbonyl (C=O) groups is 1. The highest BCUT2D eigenvalue weighted by Gasteiger charge is 2.45. The van der Waals surface area contributed by atoms with Crippen molar-refractivity contribution in [3.05, 3.63) is 74.6 Å². The van der Waals surface area contributed by atoms with E-state index in [1.54, 1.807) is 24.3 Å². The molecule has 35 heavy (non-hydrogen) atoms. The zero-order valence-electron chi connectivity index (χ0n) is 19.7. The Morgan fingerprint density at radius 2 is 1.86 bits per heavy atom. The Labute approximate surface area is 206 Å². The molecule has 0 radical (unpaired) electrons. The molecular formula is C26H25N3O5S. The normalized spacial score (nSPS) is 15.0. The van der Waals surface area contributed by atoms with Crippen LogP contribution in [0.25, 0.3) is 11.0 Å². The Morgan fingerprint density at radius 3 is 2.60 bits per heavy atom. The van der Waals surface area contributed by atoms with Crippen LogP contribution in [0.4, 0.5) is 5.13 Å². The number of hydrogen-bond acceptors (Lipinski definition) is 8. The van der Waals surface area contributed by atoms with E-state index < -0.39 is 11.9 Å². The third-order valence-corrected chi connectivity index (χ3v) is 6.85. The Balaban J connectivity index is 1.73. The first kappa shape index (κ1) is 23.0. The van der Waals surface area contributed by atoms with Gasteiger partial charge in [0.1, 0.15) is 10.6 Å². The van der Waals surface area contributed by atoms with Crippen LogP contribution in [0.2, 0.25) is 0 Å². The minimum atomic E-state index is -0.740. The van der Waals surface area contributed by atoms with Gasteiger partial charge in [0.2, 0.25) is 10.9 Å². The number of aromatic nitrogens is 2. The van der Waals surface area contributed by atoms with E-state index in [2.05, 4.69) is 10.2 Å². The second kappa shape index (κ2) is 9.50. The molecule has 0 N–H and O–H groups in total. The molecule has 5 rings (SSSR count). The molecule has 1 aliphatic heterocycles. The smallest absolute Gasteiger partial charge is 0.297 e. The summed E-state index contributed by atoms with van der Waals surface area (Å²) >= 11 is 1.32. The zero-order valence-corrected chi connectivity index (χ0v) is 20.6. The largest absolute Gasteiger partial charge is 0.490 e. The highest BCUT2D eigenvalue weighted by molar-refractivity contribution is 7.15. The Kier molecular flexibility index (Phi) is 6.25. The zero-order chi connectivity index (χ0) is 24.5. The van der Waals surface area contributed by atoms with Gasteiger partial charge in [0, 0.05) is 0 Å². The van der Waals surface area contributed by atoms with Crippen molar-refractivity contribution in [2.24, 2.45) is 0 Å². The van der Waals surface area contributed by atoms with E-state index in [0.29, 0.717) is 52.8 Å². The number of benzene rings is 2. The predicted octanol–water partition coefficient (Wildman–Crippen LogP) is 5.14. The molecule has 2 aromatic heterocycles. The van der Waals surface area contributed by atoms with Crippen molar-refractivity contribution in [3.8, 4) is 11.5 Å². The molecule has 180 valence electrons. The first-order valence-corrected chi connectivity index (χ1v) is 12.5. The van der Waals surface area contributed by atoms with E-state index in [0.717, 1.165) is 11.4 Å². The summed E-state index contributed by atoms with van der Waals surface area (Å²) < 4.78 is 17.7. The average Bonchev–Trinajstić information content (AvgIpc) is 3.46. The molecule has 0 spiro atoms. The predicted molar refractivity (Wildman–Crippen MR) is 134 cm³/mol. The van der Waals surface area contributed by atoms with Crippen molar-refractivity contribution in [2.45, 2.75) is 39.7 Å². The summed E-state index contributed by atoms with van der Waals surface area (Å²) in [5, 5.41) is 10.1. The maximum atomic E-state index is 13.7. The van der Waals surface area contributed by atoms with Crippen LogP contribution in [0.3, 0.4) is 0 Å². The minimum absolute atomic E-state index is 0.0243. The maximum Gasteiger partial charge on any atom is 0.297 e. The van der Waals surface area contributed by atoms with Crippen molar-refractivity contribution in [1.29, 1.82) is 0 Å². The van der Waals surface area contributed by atoms with Gasteiger partial charge in [0.25, 0.3) is 5.91 Å². The first-order valence-electron chi connectivity index (χ1n) is 11.7. The lowest BCUT2D eigenvalue weighted by atomic mass is 9.98. The van der Waals surface area contributed by atoms with Crippen LogP contribution in [0.15, 0.2) is 51.7 Å². The first-order chi connectivity index (χ1) is 17.1. The van der Waals surface area contributed by atoms with Crippen LogP contribution >= 0.6 is 11.3 Å². The number of amides is 1. The summed E-state index contributed by atoms with van der Waals surface area (Å²) in [6, 6.07) is 11.7. The molecule has 2 aromatic carbocycles. The molecule has 9 heteroatoms. The van der Waals surface area contributed by atoms with E-state index in [-0.39, 0.29) is 16.8 Å². The topological polar surface area (TPSA) is 94.8 Å². The van der Waals surface area contributed by atoms with Gasteiger partial charge in [0.15, 0.2) is 16.9 Å². The van der Waals surface area contributed by atoms with E-state index in [1.807, 2.05) is 39.0 Å². The van der Waals surface area contributed by atoms with Gasteiger partial charge in [-0.2, -0.15) is 0 Å². The number of anilines is 1. The number of nitrogens with zero attached hydrogens (tertiary/aromatic N) is 3. The second-order valence-corrected chi connectivity index (χ2v) is 9.11. The van der Waals surface area contributed by atoms with Crippen molar-refractivity contribution in [3.63, 3.8) is 0 Å². The summed E-state index contributed by atoms with van der Waals surface area (Å²) in [6.45, 7) is 6.90. The molecule has 4 aromatic rings. The Hall–Kier alpha value is -3.72. The van der Waals surface area contributed by atoms with Gasteiger partial charge in [0.05, 0.1) is 30.2 Å². The summed E-state index contributed by atoms with van der Waals surface area (Å²) in [7, 11) is 0. The van der Waals surface area contributed by atoms with Gasteiger partial charge in [-0.25, -0.2) is 0 Å². The van der Waals surface area contributed by atoms with E-state index >= 15 is 0 Å². The number of fused-ring (bicyclic) bond motifs is 2. The summed E-state index contributed by atoms with van der Waals surface area (Å²) in [5.74, 6) is 0.770. The highest BCUT2D eigenvalue weighted by atomic mass is 32.1. The second-order valence-electron chi connectivity index (χ2n) is 8.07. The number of carbonyl (C=O) groups excluding carboxylic acids is 1. The number of aryl methyl sites for hydroxylation is 1. The fourth-order valence-electron chi connectivity index (χ4n) is 4.21. The van der Waals surface area contributed by atoms with Crippen LogP contribution in [0.1, 0.15) is 59.9 Å². The molecule has 0 bridgehead atoms.